The second kappa shape index (κ2) is 7.03. The van der Waals surface area contributed by atoms with E-state index in [4.69, 9.17) is 33.0 Å². The maximum Gasteiger partial charge on any atom is 0.190 e. The fraction of sp³-hybridized carbons (Fsp3) is 0.409. The molecule has 5 rings (SSSR count). The summed E-state index contributed by atoms with van der Waals surface area (Å²) in [5.41, 5.74) is 3.36. The maximum absolute atomic E-state index is 6.48. The minimum atomic E-state index is 0.00813. The van der Waals surface area contributed by atoms with Gasteiger partial charge in [-0.25, -0.2) is 5.01 Å². The van der Waals surface area contributed by atoms with Crippen LogP contribution in [0, 0.1) is 5.92 Å². The predicted octanol–water partition coefficient (Wildman–Crippen LogP) is 6.44. The van der Waals surface area contributed by atoms with Gasteiger partial charge in [0.15, 0.2) is 6.23 Å². The number of hydrogen-bond acceptors (Lipinski definition) is 3. The molecule has 0 saturated heterocycles. The van der Waals surface area contributed by atoms with Crippen molar-refractivity contribution in [2.45, 2.75) is 50.8 Å². The van der Waals surface area contributed by atoms with Gasteiger partial charge in [0.05, 0.1) is 11.8 Å². The molecule has 2 atom stereocenters. The summed E-state index contributed by atoms with van der Waals surface area (Å²) in [7, 11) is 0. The molecule has 2 aliphatic heterocycles. The van der Waals surface area contributed by atoms with E-state index >= 15 is 0 Å². The molecule has 140 valence electrons. The lowest BCUT2D eigenvalue weighted by Gasteiger charge is -2.42. The zero-order chi connectivity index (χ0) is 18.4. The van der Waals surface area contributed by atoms with Gasteiger partial charge < -0.3 is 4.74 Å². The predicted molar refractivity (Wildman–Crippen MR) is 110 cm³/mol. The van der Waals surface area contributed by atoms with Crippen LogP contribution in [0.4, 0.5) is 0 Å². The Morgan fingerprint density at radius 2 is 1.67 bits per heavy atom. The normalized spacial score (nSPS) is 24.8. The molecule has 1 saturated carbocycles. The Balaban J connectivity index is 1.53. The van der Waals surface area contributed by atoms with Crippen LogP contribution in [0.5, 0.6) is 5.75 Å². The SMILES string of the molecule is Clc1ccc(C2=NN3[C@H](C2)c2cc(Cl)ccc2O[C@H]3C2CCCCC2)cc1. The van der Waals surface area contributed by atoms with Gasteiger partial charge in [0.25, 0.3) is 0 Å². The van der Waals surface area contributed by atoms with Gasteiger partial charge in [0.1, 0.15) is 5.75 Å². The summed E-state index contributed by atoms with van der Waals surface area (Å²) in [5, 5.41) is 8.73. The van der Waals surface area contributed by atoms with E-state index in [0.29, 0.717) is 5.92 Å². The molecular formula is C22H22Cl2N2O. The molecule has 1 aliphatic carbocycles. The molecule has 3 aliphatic rings. The van der Waals surface area contributed by atoms with Gasteiger partial charge in [-0.3, -0.25) is 0 Å². The summed E-state index contributed by atoms with van der Waals surface area (Å²) in [6, 6.07) is 14.1. The fourth-order valence-electron chi connectivity index (χ4n) is 4.63. The molecule has 0 unspecified atom stereocenters. The quantitative estimate of drug-likeness (QED) is 0.578. The van der Waals surface area contributed by atoms with Crippen LogP contribution in [0.1, 0.15) is 55.7 Å². The number of ether oxygens (including phenoxy) is 1. The van der Waals surface area contributed by atoms with Crippen molar-refractivity contribution in [1.29, 1.82) is 0 Å². The van der Waals surface area contributed by atoms with E-state index in [0.717, 1.165) is 39.1 Å². The average molecular weight is 401 g/mol. The summed E-state index contributed by atoms with van der Waals surface area (Å²) in [5.74, 6) is 1.49. The third kappa shape index (κ3) is 3.21. The number of benzene rings is 2. The van der Waals surface area contributed by atoms with E-state index < -0.39 is 0 Å². The van der Waals surface area contributed by atoms with Crippen molar-refractivity contribution in [2.75, 3.05) is 0 Å². The van der Waals surface area contributed by atoms with Gasteiger partial charge in [0.2, 0.25) is 0 Å². The minimum absolute atomic E-state index is 0.00813. The second-order valence-corrected chi connectivity index (χ2v) is 8.62. The van der Waals surface area contributed by atoms with Gasteiger partial charge in [0, 0.05) is 27.9 Å². The summed E-state index contributed by atoms with van der Waals surface area (Å²) in [4.78, 5) is 0. The molecule has 2 aromatic carbocycles. The van der Waals surface area contributed by atoms with Crippen LogP contribution < -0.4 is 4.74 Å². The first-order valence-corrected chi connectivity index (χ1v) is 10.5. The number of rotatable bonds is 2. The van der Waals surface area contributed by atoms with E-state index in [2.05, 4.69) is 17.1 Å². The highest BCUT2D eigenvalue weighted by atomic mass is 35.5. The van der Waals surface area contributed by atoms with Gasteiger partial charge >= 0.3 is 0 Å². The Kier molecular flexibility index (Phi) is 4.53. The van der Waals surface area contributed by atoms with Crippen molar-refractivity contribution < 1.29 is 4.74 Å². The molecule has 5 heteroatoms. The first kappa shape index (κ1) is 17.4. The lowest BCUT2D eigenvalue weighted by Crippen LogP contribution is -2.45. The highest BCUT2D eigenvalue weighted by molar-refractivity contribution is 6.31. The summed E-state index contributed by atoms with van der Waals surface area (Å²) < 4.78 is 6.48. The van der Waals surface area contributed by atoms with Gasteiger partial charge in [-0.05, 0) is 48.7 Å². The minimum Gasteiger partial charge on any atom is -0.468 e. The Morgan fingerprint density at radius 3 is 2.44 bits per heavy atom. The van der Waals surface area contributed by atoms with Crippen molar-refractivity contribution in [2.24, 2.45) is 11.0 Å². The molecule has 0 bridgehead atoms. The summed E-state index contributed by atoms with van der Waals surface area (Å²) in [6.45, 7) is 0. The van der Waals surface area contributed by atoms with Crippen molar-refractivity contribution in [3.63, 3.8) is 0 Å². The average Bonchev–Trinajstić information content (AvgIpc) is 3.14. The van der Waals surface area contributed by atoms with Crippen LogP contribution in [0.2, 0.25) is 10.0 Å². The van der Waals surface area contributed by atoms with Crippen molar-refractivity contribution >= 4 is 28.9 Å². The Labute approximate surface area is 169 Å². The van der Waals surface area contributed by atoms with E-state index in [1.54, 1.807) is 0 Å². The summed E-state index contributed by atoms with van der Waals surface area (Å²) >= 11 is 12.4. The molecule has 0 spiro atoms. The van der Waals surface area contributed by atoms with Crippen molar-refractivity contribution in [1.82, 2.24) is 5.01 Å². The lowest BCUT2D eigenvalue weighted by atomic mass is 9.86. The van der Waals surface area contributed by atoms with Gasteiger partial charge in [-0.1, -0.05) is 54.6 Å². The monoisotopic (exact) mass is 400 g/mol. The van der Waals surface area contributed by atoms with Crippen LogP contribution >= 0.6 is 23.2 Å². The zero-order valence-corrected chi connectivity index (χ0v) is 16.6. The molecule has 2 heterocycles. The van der Waals surface area contributed by atoms with Crippen molar-refractivity contribution in [3.05, 3.63) is 63.6 Å². The molecule has 2 aromatic rings. The molecular weight excluding hydrogens is 379 g/mol. The van der Waals surface area contributed by atoms with Gasteiger partial charge in [-0.2, -0.15) is 5.10 Å². The molecule has 0 aromatic heterocycles. The highest BCUT2D eigenvalue weighted by Crippen LogP contribution is 2.47. The Hall–Kier alpha value is -1.71. The molecule has 3 nitrogen and oxygen atoms in total. The third-order valence-corrected chi connectivity index (χ3v) is 6.50. The number of halogens is 2. The summed E-state index contributed by atoms with van der Waals surface area (Å²) in [6.07, 6.45) is 7.19. The molecule has 27 heavy (non-hydrogen) atoms. The Morgan fingerprint density at radius 1 is 0.926 bits per heavy atom. The van der Waals surface area contributed by atoms with Crippen molar-refractivity contribution in [3.8, 4) is 5.75 Å². The Bertz CT molecular complexity index is 874. The van der Waals surface area contributed by atoms with Crippen LogP contribution in [0.15, 0.2) is 47.6 Å². The van der Waals surface area contributed by atoms with Crippen LogP contribution in [0.25, 0.3) is 0 Å². The van der Waals surface area contributed by atoms with Crippen LogP contribution in [0.3, 0.4) is 0 Å². The molecule has 1 fully saturated rings. The van der Waals surface area contributed by atoms with Crippen LogP contribution in [-0.4, -0.2) is 16.9 Å². The number of nitrogens with zero attached hydrogens (tertiary/aromatic N) is 2. The lowest BCUT2D eigenvalue weighted by molar-refractivity contribution is -0.0643. The topological polar surface area (TPSA) is 24.8 Å². The zero-order valence-electron chi connectivity index (χ0n) is 15.1. The number of hydrazone groups is 1. The van der Waals surface area contributed by atoms with Gasteiger partial charge in [-0.15, -0.1) is 0 Å². The largest absolute Gasteiger partial charge is 0.468 e. The van der Waals surface area contributed by atoms with Crippen LogP contribution in [-0.2, 0) is 0 Å². The second-order valence-electron chi connectivity index (χ2n) is 7.74. The van der Waals surface area contributed by atoms with E-state index in [1.165, 1.54) is 32.1 Å². The van der Waals surface area contributed by atoms with E-state index in [-0.39, 0.29) is 12.3 Å². The first-order chi connectivity index (χ1) is 13.2. The third-order valence-electron chi connectivity index (χ3n) is 6.01. The highest BCUT2D eigenvalue weighted by Gasteiger charge is 2.43. The fourth-order valence-corrected chi connectivity index (χ4v) is 4.94. The van der Waals surface area contributed by atoms with E-state index in [1.807, 2.05) is 30.3 Å². The first-order valence-electron chi connectivity index (χ1n) is 9.77. The molecule has 0 N–H and O–H groups in total. The molecule has 0 radical (unpaired) electrons. The standard InChI is InChI=1S/C22H22Cl2N2O/c23-16-8-6-14(7-9-16)19-13-20-18-12-17(24)10-11-21(18)27-22(26(20)25-19)15-4-2-1-3-5-15/h6-12,15,20,22H,1-5,13H2/t20-,22+/m1/s1. The molecule has 0 amide bonds. The maximum atomic E-state index is 6.48. The number of hydrogen-bond donors (Lipinski definition) is 0. The van der Waals surface area contributed by atoms with E-state index in [9.17, 15) is 0 Å². The number of fused-ring (bicyclic) bond motifs is 3. The smallest absolute Gasteiger partial charge is 0.190 e.